The van der Waals surface area contributed by atoms with E-state index in [2.05, 4.69) is 4.74 Å². The Morgan fingerprint density at radius 3 is 2.40 bits per heavy atom. The third kappa shape index (κ3) is 1.65. The van der Waals surface area contributed by atoms with Crippen LogP contribution in [0, 0.1) is 0 Å². The lowest BCUT2D eigenvalue weighted by atomic mass is 10.2. The Kier molecular flexibility index (Phi) is 1.80. The number of rotatable bonds is 0. The maximum atomic E-state index is 10.6. The minimum Gasteiger partial charge on any atom is -0.393 e. The third-order valence-corrected chi connectivity index (χ3v) is 1.18. The normalized spacial score (nSPS) is 20.2. The van der Waals surface area contributed by atoms with Crippen LogP contribution in [0.3, 0.4) is 0 Å². The van der Waals surface area contributed by atoms with E-state index < -0.39 is 11.9 Å². The molecule has 1 rings (SSSR count). The first kappa shape index (κ1) is 6.92. The van der Waals surface area contributed by atoms with Crippen LogP contribution >= 0.6 is 0 Å². The number of esters is 2. The summed E-state index contributed by atoms with van der Waals surface area (Å²) in [5, 5.41) is 0. The molecule has 0 saturated carbocycles. The van der Waals surface area contributed by atoms with Gasteiger partial charge in [0, 0.05) is 6.42 Å². The van der Waals surface area contributed by atoms with Crippen molar-refractivity contribution in [2.24, 2.45) is 0 Å². The molecule has 4 heteroatoms. The van der Waals surface area contributed by atoms with Crippen molar-refractivity contribution in [1.82, 2.24) is 0 Å². The molecule has 0 bridgehead atoms. The summed E-state index contributed by atoms with van der Waals surface area (Å²) < 4.78 is 4.18. The van der Waals surface area contributed by atoms with Gasteiger partial charge in [-0.05, 0) is 0 Å². The zero-order valence-electron chi connectivity index (χ0n) is 5.25. The van der Waals surface area contributed by atoms with Crippen LogP contribution < -0.4 is 0 Å². The second kappa shape index (κ2) is 2.60. The van der Waals surface area contributed by atoms with Gasteiger partial charge in [0.25, 0.3) is 0 Å². The summed E-state index contributed by atoms with van der Waals surface area (Å²) in [6, 6.07) is 0. The van der Waals surface area contributed by atoms with E-state index in [1.807, 2.05) is 0 Å². The van der Waals surface area contributed by atoms with Crippen LogP contribution in [-0.4, -0.2) is 17.7 Å². The standard InChI is InChI=1S/C6H6O4/c7-4-1-2-5(8)10-6(9)3-4/h1-3H2. The molecule has 0 spiro atoms. The van der Waals surface area contributed by atoms with Crippen LogP contribution in [0.4, 0.5) is 0 Å². The summed E-state index contributed by atoms with van der Waals surface area (Å²) in [7, 11) is 0. The molecule has 1 aliphatic heterocycles. The van der Waals surface area contributed by atoms with E-state index in [1.165, 1.54) is 0 Å². The number of carbonyl (C=O) groups excluding carboxylic acids is 3. The fourth-order valence-corrected chi connectivity index (χ4v) is 0.705. The van der Waals surface area contributed by atoms with Gasteiger partial charge in [0.05, 0.1) is 6.42 Å². The fraction of sp³-hybridized carbons (Fsp3) is 0.500. The molecule has 0 aliphatic carbocycles. The molecule has 0 N–H and O–H groups in total. The van der Waals surface area contributed by atoms with E-state index in [1.54, 1.807) is 0 Å². The number of hydrogen-bond donors (Lipinski definition) is 0. The highest BCUT2D eigenvalue weighted by molar-refractivity contribution is 6.02. The highest BCUT2D eigenvalue weighted by Crippen LogP contribution is 2.04. The predicted octanol–water partition coefficient (Wildman–Crippen LogP) is -0.191. The summed E-state index contributed by atoms with van der Waals surface area (Å²) in [6.45, 7) is 0. The average molecular weight is 142 g/mol. The van der Waals surface area contributed by atoms with Crippen LogP contribution in [0.1, 0.15) is 19.3 Å². The summed E-state index contributed by atoms with van der Waals surface area (Å²) in [6.07, 6.45) is -0.0963. The summed E-state index contributed by atoms with van der Waals surface area (Å²) >= 11 is 0. The molecule has 1 saturated heterocycles. The molecule has 4 nitrogen and oxygen atoms in total. The molecule has 0 aromatic carbocycles. The Hall–Kier alpha value is -1.19. The molecular formula is C6H6O4. The van der Waals surface area contributed by atoms with E-state index in [9.17, 15) is 14.4 Å². The zero-order valence-corrected chi connectivity index (χ0v) is 5.25. The van der Waals surface area contributed by atoms with Crippen LogP contribution in [0.25, 0.3) is 0 Å². The molecule has 0 unspecified atom stereocenters. The molecule has 54 valence electrons. The Labute approximate surface area is 57.2 Å². The van der Waals surface area contributed by atoms with E-state index in [0.29, 0.717) is 0 Å². The van der Waals surface area contributed by atoms with Gasteiger partial charge in [-0.1, -0.05) is 0 Å². The molecule has 0 radical (unpaired) electrons. The number of ether oxygens (including phenoxy) is 1. The first-order valence-electron chi connectivity index (χ1n) is 2.93. The number of Topliss-reactive ketones (excluding diaryl/α,β-unsaturated/α-hetero) is 1. The van der Waals surface area contributed by atoms with Crippen molar-refractivity contribution < 1.29 is 19.1 Å². The summed E-state index contributed by atoms with van der Waals surface area (Å²) in [4.78, 5) is 31.5. The quantitative estimate of drug-likeness (QED) is 0.347. The molecule has 0 aromatic rings. The molecule has 10 heavy (non-hydrogen) atoms. The van der Waals surface area contributed by atoms with Crippen molar-refractivity contribution in [3.05, 3.63) is 0 Å². The molecule has 1 aliphatic rings. The van der Waals surface area contributed by atoms with E-state index in [-0.39, 0.29) is 25.0 Å². The van der Waals surface area contributed by atoms with Crippen LogP contribution in [0.2, 0.25) is 0 Å². The van der Waals surface area contributed by atoms with Gasteiger partial charge in [0.15, 0.2) is 0 Å². The predicted molar refractivity (Wildman–Crippen MR) is 30.0 cm³/mol. The molecule has 0 aromatic heterocycles. The second-order valence-electron chi connectivity index (χ2n) is 2.06. The molecule has 0 amide bonds. The maximum Gasteiger partial charge on any atom is 0.320 e. The van der Waals surface area contributed by atoms with E-state index in [4.69, 9.17) is 0 Å². The highest BCUT2D eigenvalue weighted by atomic mass is 16.6. The lowest BCUT2D eigenvalue weighted by molar-refractivity contribution is -0.158. The van der Waals surface area contributed by atoms with Gasteiger partial charge >= 0.3 is 11.9 Å². The van der Waals surface area contributed by atoms with Gasteiger partial charge in [-0.15, -0.1) is 0 Å². The van der Waals surface area contributed by atoms with Gasteiger partial charge < -0.3 is 4.74 Å². The SMILES string of the molecule is O=C1CCC(=O)OC(=O)C1. The summed E-state index contributed by atoms with van der Waals surface area (Å²) in [5.74, 6) is -1.56. The van der Waals surface area contributed by atoms with Crippen molar-refractivity contribution in [2.75, 3.05) is 0 Å². The van der Waals surface area contributed by atoms with Crippen molar-refractivity contribution in [2.45, 2.75) is 19.3 Å². The number of ketones is 1. The van der Waals surface area contributed by atoms with Crippen LogP contribution in [-0.2, 0) is 19.1 Å². The van der Waals surface area contributed by atoms with Crippen LogP contribution in [0.5, 0.6) is 0 Å². The monoisotopic (exact) mass is 142 g/mol. The average Bonchev–Trinajstić information content (AvgIpc) is 1.93. The Balaban J connectivity index is 2.63. The fourth-order valence-electron chi connectivity index (χ4n) is 0.705. The second-order valence-corrected chi connectivity index (χ2v) is 2.06. The lowest BCUT2D eigenvalue weighted by Crippen LogP contribution is -2.08. The van der Waals surface area contributed by atoms with Gasteiger partial charge in [0.2, 0.25) is 0 Å². The first-order chi connectivity index (χ1) is 4.68. The van der Waals surface area contributed by atoms with E-state index >= 15 is 0 Å². The number of carbonyl (C=O) groups is 3. The molecule has 1 fully saturated rings. The molecular weight excluding hydrogens is 136 g/mol. The summed E-state index contributed by atoms with van der Waals surface area (Å²) in [5.41, 5.74) is 0. The minimum absolute atomic E-state index is 0.0323. The van der Waals surface area contributed by atoms with Gasteiger partial charge in [-0.3, -0.25) is 14.4 Å². The zero-order chi connectivity index (χ0) is 7.56. The van der Waals surface area contributed by atoms with Gasteiger partial charge in [-0.25, -0.2) is 0 Å². The van der Waals surface area contributed by atoms with Crippen molar-refractivity contribution >= 4 is 17.7 Å². The van der Waals surface area contributed by atoms with Gasteiger partial charge in [0.1, 0.15) is 12.2 Å². The Morgan fingerprint density at radius 2 is 1.70 bits per heavy atom. The maximum absolute atomic E-state index is 10.6. The Morgan fingerprint density at radius 1 is 1.00 bits per heavy atom. The molecule has 0 atom stereocenters. The molecule has 1 heterocycles. The minimum atomic E-state index is -0.729. The first-order valence-corrected chi connectivity index (χ1v) is 2.93. The van der Waals surface area contributed by atoms with Gasteiger partial charge in [-0.2, -0.15) is 0 Å². The lowest BCUT2D eigenvalue weighted by Gasteiger charge is -1.91. The van der Waals surface area contributed by atoms with E-state index in [0.717, 1.165) is 0 Å². The highest BCUT2D eigenvalue weighted by Gasteiger charge is 2.20. The number of cyclic esters (lactones) is 2. The Bertz CT molecular complexity index is 174. The van der Waals surface area contributed by atoms with Crippen molar-refractivity contribution in [3.8, 4) is 0 Å². The topological polar surface area (TPSA) is 60.4 Å². The van der Waals surface area contributed by atoms with Crippen LogP contribution in [0.15, 0.2) is 0 Å². The smallest absolute Gasteiger partial charge is 0.320 e. The largest absolute Gasteiger partial charge is 0.393 e. The van der Waals surface area contributed by atoms with Crippen molar-refractivity contribution in [1.29, 1.82) is 0 Å². The number of hydrogen-bond acceptors (Lipinski definition) is 4. The van der Waals surface area contributed by atoms with Crippen molar-refractivity contribution in [3.63, 3.8) is 0 Å². The third-order valence-electron chi connectivity index (χ3n) is 1.18.